The Balaban J connectivity index is 1.58. The zero-order valence-electron chi connectivity index (χ0n) is 15.3. The first-order chi connectivity index (χ1) is 14.0. The van der Waals surface area contributed by atoms with Crippen LogP contribution in [0.4, 0.5) is 11.4 Å². The van der Waals surface area contributed by atoms with Crippen molar-refractivity contribution in [1.29, 1.82) is 0 Å². The third-order valence-corrected chi connectivity index (χ3v) is 4.26. The molecule has 3 aromatic carbocycles. The molecule has 144 valence electrons. The lowest BCUT2D eigenvalue weighted by atomic mass is 10.2. The molecule has 9 nitrogen and oxygen atoms in total. The van der Waals surface area contributed by atoms with Crippen LogP contribution < -0.4 is 10.1 Å². The van der Waals surface area contributed by atoms with E-state index < -0.39 is 10.8 Å². The minimum atomic E-state index is -0.541. The van der Waals surface area contributed by atoms with Gasteiger partial charge in [0.25, 0.3) is 11.6 Å². The molecule has 9 heteroatoms. The van der Waals surface area contributed by atoms with Crippen LogP contribution in [-0.2, 0) is 0 Å². The fourth-order valence-electron chi connectivity index (χ4n) is 2.79. The van der Waals surface area contributed by atoms with E-state index in [1.807, 2.05) is 24.3 Å². The SMILES string of the molecule is COc1ccc(-n2nc3ccc(NC(=O)c4cccc([N+](=O)[O-])c4)cc3n2)cc1. The molecule has 1 heterocycles. The van der Waals surface area contributed by atoms with Crippen LogP contribution in [-0.4, -0.2) is 32.9 Å². The molecular weight excluding hydrogens is 374 g/mol. The Morgan fingerprint density at radius 2 is 1.79 bits per heavy atom. The van der Waals surface area contributed by atoms with E-state index in [0.29, 0.717) is 16.7 Å². The number of hydrogen-bond donors (Lipinski definition) is 1. The topological polar surface area (TPSA) is 112 Å². The van der Waals surface area contributed by atoms with Crippen LogP contribution in [0.1, 0.15) is 10.4 Å². The van der Waals surface area contributed by atoms with Gasteiger partial charge in [0.2, 0.25) is 0 Å². The number of methoxy groups -OCH3 is 1. The summed E-state index contributed by atoms with van der Waals surface area (Å²) in [5, 5.41) is 22.5. The van der Waals surface area contributed by atoms with Crippen molar-refractivity contribution in [2.75, 3.05) is 12.4 Å². The van der Waals surface area contributed by atoms with E-state index in [9.17, 15) is 14.9 Å². The average molecular weight is 389 g/mol. The third kappa shape index (κ3) is 3.74. The van der Waals surface area contributed by atoms with Crippen LogP contribution in [0.25, 0.3) is 16.7 Å². The van der Waals surface area contributed by atoms with Gasteiger partial charge in [0.1, 0.15) is 16.8 Å². The summed E-state index contributed by atoms with van der Waals surface area (Å²) in [5.74, 6) is 0.284. The molecule has 0 aliphatic rings. The van der Waals surface area contributed by atoms with Gasteiger partial charge in [-0.25, -0.2) is 0 Å². The highest BCUT2D eigenvalue weighted by Gasteiger charge is 2.13. The highest BCUT2D eigenvalue weighted by atomic mass is 16.6. The van der Waals surface area contributed by atoms with Gasteiger partial charge in [0.05, 0.1) is 17.7 Å². The van der Waals surface area contributed by atoms with Gasteiger partial charge in [-0.1, -0.05) is 6.07 Å². The summed E-state index contributed by atoms with van der Waals surface area (Å²) < 4.78 is 5.15. The number of fused-ring (bicyclic) bond motifs is 1. The molecule has 0 radical (unpaired) electrons. The minimum absolute atomic E-state index is 0.143. The highest BCUT2D eigenvalue weighted by Crippen LogP contribution is 2.20. The lowest BCUT2D eigenvalue weighted by molar-refractivity contribution is -0.384. The second-order valence-corrected chi connectivity index (χ2v) is 6.15. The molecule has 0 aliphatic carbocycles. The lowest BCUT2D eigenvalue weighted by Crippen LogP contribution is -2.12. The molecule has 4 aromatic rings. The van der Waals surface area contributed by atoms with E-state index in [-0.39, 0.29) is 11.3 Å². The van der Waals surface area contributed by atoms with Gasteiger partial charge in [-0.2, -0.15) is 4.80 Å². The van der Waals surface area contributed by atoms with Gasteiger partial charge < -0.3 is 10.1 Å². The molecule has 0 bridgehead atoms. The van der Waals surface area contributed by atoms with Crippen molar-refractivity contribution >= 4 is 28.3 Å². The van der Waals surface area contributed by atoms with Crippen LogP contribution in [0.3, 0.4) is 0 Å². The summed E-state index contributed by atoms with van der Waals surface area (Å²) in [6.45, 7) is 0. The zero-order chi connectivity index (χ0) is 20.4. The third-order valence-electron chi connectivity index (χ3n) is 4.26. The Bertz CT molecular complexity index is 1220. The first-order valence-corrected chi connectivity index (χ1v) is 8.61. The Morgan fingerprint density at radius 3 is 2.52 bits per heavy atom. The molecule has 4 rings (SSSR count). The summed E-state index contributed by atoms with van der Waals surface area (Å²) in [7, 11) is 1.60. The predicted octanol–water partition coefficient (Wildman–Crippen LogP) is 3.59. The fourth-order valence-corrected chi connectivity index (χ4v) is 2.79. The second-order valence-electron chi connectivity index (χ2n) is 6.15. The molecule has 1 amide bonds. The monoisotopic (exact) mass is 389 g/mol. The summed E-state index contributed by atoms with van der Waals surface area (Å²) >= 11 is 0. The van der Waals surface area contributed by atoms with Crippen molar-refractivity contribution in [2.45, 2.75) is 0 Å². The first kappa shape index (κ1) is 18.1. The van der Waals surface area contributed by atoms with Crippen molar-refractivity contribution < 1.29 is 14.5 Å². The number of carbonyl (C=O) groups is 1. The lowest BCUT2D eigenvalue weighted by Gasteiger charge is -2.04. The molecular formula is C20H15N5O4. The van der Waals surface area contributed by atoms with Crippen LogP contribution in [0.2, 0.25) is 0 Å². The van der Waals surface area contributed by atoms with E-state index >= 15 is 0 Å². The van der Waals surface area contributed by atoms with Crippen LogP contribution >= 0.6 is 0 Å². The summed E-state index contributed by atoms with van der Waals surface area (Å²) in [6.07, 6.45) is 0. The van der Waals surface area contributed by atoms with Gasteiger partial charge in [0, 0.05) is 23.4 Å². The van der Waals surface area contributed by atoms with E-state index in [1.165, 1.54) is 29.1 Å². The summed E-state index contributed by atoms with van der Waals surface area (Å²) in [6, 6.07) is 18.0. The average Bonchev–Trinajstić information content (AvgIpc) is 3.17. The molecule has 0 aliphatic heterocycles. The maximum atomic E-state index is 12.4. The van der Waals surface area contributed by atoms with Gasteiger partial charge >= 0.3 is 0 Å². The van der Waals surface area contributed by atoms with Gasteiger partial charge in [0.15, 0.2) is 0 Å². The molecule has 0 spiro atoms. The number of non-ortho nitro benzene ring substituents is 1. The number of nitrogens with zero attached hydrogens (tertiary/aromatic N) is 4. The first-order valence-electron chi connectivity index (χ1n) is 8.61. The molecule has 0 saturated carbocycles. The van der Waals surface area contributed by atoms with E-state index in [2.05, 4.69) is 15.5 Å². The minimum Gasteiger partial charge on any atom is -0.497 e. The Morgan fingerprint density at radius 1 is 1.03 bits per heavy atom. The fraction of sp³-hybridized carbons (Fsp3) is 0.0500. The molecule has 0 unspecified atom stereocenters. The predicted molar refractivity (Wildman–Crippen MR) is 106 cm³/mol. The number of aromatic nitrogens is 3. The molecule has 29 heavy (non-hydrogen) atoms. The van der Waals surface area contributed by atoms with Gasteiger partial charge in [-0.15, -0.1) is 10.2 Å². The van der Waals surface area contributed by atoms with Crippen LogP contribution in [0.15, 0.2) is 66.7 Å². The second kappa shape index (κ2) is 7.39. The van der Waals surface area contributed by atoms with Gasteiger partial charge in [-0.05, 0) is 48.5 Å². The van der Waals surface area contributed by atoms with E-state index in [4.69, 9.17) is 4.74 Å². The van der Waals surface area contributed by atoms with Crippen molar-refractivity contribution in [2.24, 2.45) is 0 Å². The van der Waals surface area contributed by atoms with Crippen molar-refractivity contribution in [3.05, 3.63) is 82.4 Å². The van der Waals surface area contributed by atoms with Crippen LogP contribution in [0.5, 0.6) is 5.75 Å². The smallest absolute Gasteiger partial charge is 0.270 e. The summed E-state index contributed by atoms with van der Waals surface area (Å²) in [4.78, 5) is 24.3. The zero-order valence-corrected chi connectivity index (χ0v) is 15.3. The number of nitrogens with one attached hydrogen (secondary N) is 1. The number of ether oxygens (including phenoxy) is 1. The Kier molecular flexibility index (Phi) is 4.62. The van der Waals surface area contributed by atoms with Crippen LogP contribution in [0, 0.1) is 10.1 Å². The number of benzene rings is 3. The standard InChI is InChI=1S/C20H15N5O4/c1-29-17-8-6-15(7-9-17)24-22-18-10-5-14(12-19(18)23-24)21-20(26)13-3-2-4-16(11-13)25(27)28/h2-12H,1H3,(H,21,26). The maximum absolute atomic E-state index is 12.4. The van der Waals surface area contributed by atoms with E-state index in [0.717, 1.165) is 11.4 Å². The Labute approximate surface area is 164 Å². The molecule has 0 atom stereocenters. The van der Waals surface area contributed by atoms with Crippen molar-refractivity contribution in [3.8, 4) is 11.4 Å². The Hall–Kier alpha value is -4.27. The highest BCUT2D eigenvalue weighted by molar-refractivity contribution is 6.05. The number of hydrogen-bond acceptors (Lipinski definition) is 6. The number of rotatable bonds is 5. The number of carbonyl (C=O) groups excluding carboxylic acids is 1. The quantitative estimate of drug-likeness (QED) is 0.412. The van der Waals surface area contributed by atoms with Crippen molar-refractivity contribution in [1.82, 2.24) is 15.0 Å². The molecule has 1 aromatic heterocycles. The maximum Gasteiger partial charge on any atom is 0.270 e. The number of amides is 1. The normalized spacial score (nSPS) is 10.7. The largest absolute Gasteiger partial charge is 0.497 e. The molecule has 0 fully saturated rings. The van der Waals surface area contributed by atoms with E-state index in [1.54, 1.807) is 25.3 Å². The van der Waals surface area contributed by atoms with Gasteiger partial charge in [-0.3, -0.25) is 14.9 Å². The number of nitro groups is 1. The molecule has 1 N–H and O–H groups in total. The van der Waals surface area contributed by atoms with Crippen molar-refractivity contribution in [3.63, 3.8) is 0 Å². The number of nitro benzene ring substituents is 1. The summed E-state index contributed by atoms with van der Waals surface area (Å²) in [5.41, 5.74) is 2.59. The number of anilines is 1. The molecule has 0 saturated heterocycles.